The van der Waals surface area contributed by atoms with E-state index in [1.165, 1.54) is 17.5 Å². The summed E-state index contributed by atoms with van der Waals surface area (Å²) in [5.41, 5.74) is 0.755. The fourth-order valence-corrected chi connectivity index (χ4v) is 3.66. The predicted molar refractivity (Wildman–Crippen MR) is 107 cm³/mol. The van der Waals surface area contributed by atoms with Crippen LogP contribution in [0.1, 0.15) is 10.4 Å². The van der Waals surface area contributed by atoms with Crippen LogP contribution in [0.2, 0.25) is 0 Å². The van der Waals surface area contributed by atoms with Crippen LogP contribution >= 0.6 is 11.3 Å². The number of aromatic nitrogens is 3. The first-order chi connectivity index (χ1) is 13.1. The number of amides is 1. The Morgan fingerprint density at radius 1 is 1.22 bits per heavy atom. The van der Waals surface area contributed by atoms with Crippen LogP contribution < -0.4 is 5.56 Å². The van der Waals surface area contributed by atoms with Crippen LogP contribution in [0.25, 0.3) is 21.6 Å². The molecule has 0 bridgehead atoms. The zero-order chi connectivity index (χ0) is 18.8. The molecular formula is C20H18N4O2S. The SMILES string of the molecule is CN(CCn1ccc2ccccc21)C(=O)c1cnc(-c2cccs2)[nH]c1=O. The number of thiophene rings is 1. The zero-order valence-corrected chi connectivity index (χ0v) is 15.6. The van der Waals surface area contributed by atoms with Gasteiger partial charge in [0.15, 0.2) is 0 Å². The molecule has 0 saturated heterocycles. The van der Waals surface area contributed by atoms with Crippen LogP contribution in [0.4, 0.5) is 0 Å². The van der Waals surface area contributed by atoms with Gasteiger partial charge in [-0.1, -0.05) is 24.3 Å². The molecule has 1 amide bonds. The van der Waals surface area contributed by atoms with Crippen LogP contribution in [0.5, 0.6) is 0 Å². The fourth-order valence-electron chi connectivity index (χ4n) is 2.99. The third kappa shape index (κ3) is 3.41. The first-order valence-electron chi connectivity index (χ1n) is 8.56. The Kier molecular flexibility index (Phi) is 4.60. The molecule has 0 radical (unpaired) electrons. The van der Waals surface area contributed by atoms with E-state index in [0.717, 1.165) is 15.8 Å². The largest absolute Gasteiger partial charge is 0.346 e. The summed E-state index contributed by atoms with van der Waals surface area (Å²) in [7, 11) is 1.70. The number of hydrogen-bond acceptors (Lipinski definition) is 4. The Morgan fingerprint density at radius 3 is 2.85 bits per heavy atom. The quantitative estimate of drug-likeness (QED) is 0.580. The molecule has 3 heterocycles. The number of rotatable bonds is 5. The number of H-pyrrole nitrogens is 1. The highest BCUT2D eigenvalue weighted by molar-refractivity contribution is 7.13. The minimum Gasteiger partial charge on any atom is -0.346 e. The summed E-state index contributed by atoms with van der Waals surface area (Å²) in [6.45, 7) is 1.14. The van der Waals surface area contributed by atoms with Gasteiger partial charge in [-0.05, 0) is 29.0 Å². The van der Waals surface area contributed by atoms with Crippen LogP contribution in [0.3, 0.4) is 0 Å². The van der Waals surface area contributed by atoms with Gasteiger partial charge in [0, 0.05) is 38.0 Å². The van der Waals surface area contributed by atoms with Crippen molar-refractivity contribution in [2.24, 2.45) is 0 Å². The van der Waals surface area contributed by atoms with Gasteiger partial charge in [-0.3, -0.25) is 9.59 Å². The van der Waals surface area contributed by atoms with E-state index in [9.17, 15) is 9.59 Å². The third-order valence-corrected chi connectivity index (χ3v) is 5.36. The summed E-state index contributed by atoms with van der Waals surface area (Å²) >= 11 is 1.48. The fraction of sp³-hybridized carbons (Fsp3) is 0.150. The maximum Gasteiger partial charge on any atom is 0.264 e. The number of likely N-dealkylation sites (N-methyl/N-ethyl adjacent to an activating group) is 1. The molecule has 0 saturated carbocycles. The molecule has 4 aromatic rings. The van der Waals surface area contributed by atoms with Crippen molar-refractivity contribution in [2.75, 3.05) is 13.6 Å². The molecule has 27 heavy (non-hydrogen) atoms. The summed E-state index contributed by atoms with van der Waals surface area (Å²) in [5, 5.41) is 3.07. The molecule has 3 aromatic heterocycles. The van der Waals surface area contributed by atoms with Crippen LogP contribution in [0.15, 0.2) is 65.0 Å². The molecule has 1 aromatic carbocycles. The first-order valence-corrected chi connectivity index (χ1v) is 9.44. The second-order valence-electron chi connectivity index (χ2n) is 6.25. The molecule has 7 heteroatoms. The Labute approximate surface area is 159 Å². The molecule has 0 atom stereocenters. The molecule has 1 N–H and O–H groups in total. The lowest BCUT2D eigenvalue weighted by Crippen LogP contribution is -2.34. The average Bonchev–Trinajstić information content (AvgIpc) is 3.35. The summed E-state index contributed by atoms with van der Waals surface area (Å²) in [6.07, 6.45) is 3.37. The minimum absolute atomic E-state index is 0.0511. The molecule has 0 fully saturated rings. The first kappa shape index (κ1) is 17.2. The highest BCUT2D eigenvalue weighted by atomic mass is 32.1. The van der Waals surface area contributed by atoms with Crippen LogP contribution in [-0.2, 0) is 6.54 Å². The second-order valence-corrected chi connectivity index (χ2v) is 7.19. The normalized spacial score (nSPS) is 11.0. The number of para-hydroxylation sites is 1. The van der Waals surface area contributed by atoms with E-state index in [-0.39, 0.29) is 11.5 Å². The Hall–Kier alpha value is -3.19. The molecule has 0 aliphatic carbocycles. The number of aromatic amines is 1. The van der Waals surface area contributed by atoms with Gasteiger partial charge in [0.05, 0.1) is 4.88 Å². The van der Waals surface area contributed by atoms with Crippen molar-refractivity contribution in [3.8, 4) is 10.7 Å². The van der Waals surface area contributed by atoms with E-state index in [1.807, 2.05) is 35.8 Å². The van der Waals surface area contributed by atoms with Crippen molar-refractivity contribution >= 4 is 28.1 Å². The van der Waals surface area contributed by atoms with Crippen molar-refractivity contribution in [2.45, 2.75) is 6.54 Å². The lowest BCUT2D eigenvalue weighted by Gasteiger charge is -2.17. The second kappa shape index (κ2) is 7.20. The van der Waals surface area contributed by atoms with Gasteiger partial charge in [0.1, 0.15) is 11.4 Å². The van der Waals surface area contributed by atoms with Gasteiger partial charge in [-0.25, -0.2) is 4.98 Å². The van der Waals surface area contributed by atoms with Crippen LogP contribution in [-0.4, -0.2) is 38.9 Å². The minimum atomic E-state index is -0.420. The van der Waals surface area contributed by atoms with Crippen molar-refractivity contribution in [3.05, 3.63) is 76.2 Å². The Morgan fingerprint density at radius 2 is 2.07 bits per heavy atom. The lowest BCUT2D eigenvalue weighted by atomic mass is 10.2. The summed E-state index contributed by atoms with van der Waals surface area (Å²) < 4.78 is 2.10. The summed E-state index contributed by atoms with van der Waals surface area (Å²) in [6, 6.07) is 13.9. The molecule has 0 unspecified atom stereocenters. The van der Waals surface area contributed by atoms with Gasteiger partial charge < -0.3 is 14.5 Å². The lowest BCUT2D eigenvalue weighted by molar-refractivity contribution is 0.0788. The van der Waals surface area contributed by atoms with Crippen LogP contribution in [0, 0.1) is 0 Å². The van der Waals surface area contributed by atoms with E-state index in [1.54, 1.807) is 11.9 Å². The number of hydrogen-bond donors (Lipinski definition) is 1. The van der Waals surface area contributed by atoms with E-state index in [4.69, 9.17) is 0 Å². The molecular weight excluding hydrogens is 360 g/mol. The monoisotopic (exact) mass is 378 g/mol. The van der Waals surface area contributed by atoms with Gasteiger partial charge in [-0.2, -0.15) is 0 Å². The Bertz CT molecular complexity index is 1140. The maximum absolute atomic E-state index is 12.6. The number of nitrogens with one attached hydrogen (secondary N) is 1. The predicted octanol–water partition coefficient (Wildman–Crippen LogP) is 3.23. The number of benzene rings is 1. The van der Waals surface area contributed by atoms with Crippen molar-refractivity contribution in [1.29, 1.82) is 0 Å². The molecule has 6 nitrogen and oxygen atoms in total. The van der Waals surface area contributed by atoms with Crippen molar-refractivity contribution in [3.63, 3.8) is 0 Å². The molecule has 0 spiro atoms. The molecule has 0 aliphatic heterocycles. The molecule has 4 rings (SSSR count). The van der Waals surface area contributed by atoms with Crippen molar-refractivity contribution < 1.29 is 4.79 Å². The van der Waals surface area contributed by atoms with Gasteiger partial charge in [0.2, 0.25) is 0 Å². The standard InChI is InChI=1S/C20H18N4O2S/c1-23(10-11-24-9-8-14-5-2-3-6-16(14)24)20(26)15-13-21-18(22-19(15)25)17-7-4-12-27-17/h2-9,12-13H,10-11H2,1H3,(H,21,22,25). The molecule has 0 aliphatic rings. The maximum atomic E-state index is 12.6. The van der Waals surface area contributed by atoms with Gasteiger partial charge in [-0.15, -0.1) is 11.3 Å². The van der Waals surface area contributed by atoms with E-state index in [0.29, 0.717) is 18.9 Å². The zero-order valence-electron chi connectivity index (χ0n) is 14.8. The van der Waals surface area contributed by atoms with E-state index < -0.39 is 5.56 Å². The highest BCUT2D eigenvalue weighted by Gasteiger charge is 2.17. The summed E-state index contributed by atoms with van der Waals surface area (Å²) in [5.74, 6) is 0.144. The number of fused-ring (bicyclic) bond motifs is 1. The van der Waals surface area contributed by atoms with Gasteiger partial charge >= 0.3 is 0 Å². The average molecular weight is 378 g/mol. The third-order valence-electron chi connectivity index (χ3n) is 4.49. The topological polar surface area (TPSA) is 71.0 Å². The number of carbonyl (C=O) groups excluding carboxylic acids is 1. The summed E-state index contributed by atoms with van der Waals surface area (Å²) in [4.78, 5) is 34.3. The Balaban J connectivity index is 1.48. The van der Waals surface area contributed by atoms with Crippen molar-refractivity contribution in [1.82, 2.24) is 19.4 Å². The highest BCUT2D eigenvalue weighted by Crippen LogP contribution is 2.19. The number of nitrogens with zero attached hydrogens (tertiary/aromatic N) is 3. The van der Waals surface area contributed by atoms with Gasteiger partial charge in [0.25, 0.3) is 11.5 Å². The van der Waals surface area contributed by atoms with E-state index in [2.05, 4.69) is 32.7 Å². The van der Waals surface area contributed by atoms with E-state index >= 15 is 0 Å². The molecule has 136 valence electrons. The number of carbonyl (C=O) groups is 1. The smallest absolute Gasteiger partial charge is 0.264 e.